The average Bonchev–Trinajstić information content (AvgIpc) is 3.39. The van der Waals surface area contributed by atoms with Gasteiger partial charge in [-0.25, -0.2) is 0 Å². The Morgan fingerprint density at radius 1 is 1.03 bits per heavy atom. The Labute approximate surface area is 167 Å². The number of ether oxygens (including phenoxy) is 2. The number of benzene rings is 2. The molecule has 4 rings (SSSR count). The summed E-state index contributed by atoms with van der Waals surface area (Å²) in [4.78, 5) is 38.1. The number of aliphatic carboxylic acids is 1. The first-order valence-corrected chi connectivity index (χ1v) is 9.26. The summed E-state index contributed by atoms with van der Waals surface area (Å²) < 4.78 is 10.5. The number of hydrogen-bond acceptors (Lipinski definition) is 5. The Hall–Kier alpha value is -3.55. The van der Waals surface area contributed by atoms with Crippen LogP contribution in [0.2, 0.25) is 0 Å². The molecule has 2 unspecified atom stereocenters. The molecule has 0 saturated carbocycles. The highest BCUT2D eigenvalue weighted by atomic mass is 16.7. The van der Waals surface area contributed by atoms with Crippen LogP contribution in [-0.2, 0) is 9.59 Å². The lowest BCUT2D eigenvalue weighted by molar-refractivity contribution is -0.141. The van der Waals surface area contributed by atoms with Crippen LogP contribution in [0.1, 0.15) is 21.8 Å². The third-order valence-corrected chi connectivity index (χ3v) is 5.25. The van der Waals surface area contributed by atoms with Crippen LogP contribution in [0.15, 0.2) is 48.5 Å². The van der Waals surface area contributed by atoms with Crippen molar-refractivity contribution in [1.29, 1.82) is 0 Å². The molecule has 2 aromatic rings. The van der Waals surface area contributed by atoms with E-state index in [0.29, 0.717) is 23.6 Å². The molecule has 0 aromatic heterocycles. The van der Waals surface area contributed by atoms with E-state index in [1.807, 2.05) is 30.3 Å². The van der Waals surface area contributed by atoms with Crippen molar-refractivity contribution in [1.82, 2.24) is 10.2 Å². The third kappa shape index (κ3) is 3.87. The summed E-state index contributed by atoms with van der Waals surface area (Å²) in [6.07, 6.45) is 0. The molecule has 2 aliphatic heterocycles. The van der Waals surface area contributed by atoms with Gasteiger partial charge in [0.25, 0.3) is 5.91 Å². The lowest BCUT2D eigenvalue weighted by Crippen LogP contribution is -2.39. The maximum Gasteiger partial charge on any atom is 0.308 e. The molecule has 2 N–H and O–H groups in total. The Morgan fingerprint density at radius 3 is 2.55 bits per heavy atom. The minimum absolute atomic E-state index is 0.112. The highest BCUT2D eigenvalue weighted by molar-refractivity contribution is 5.97. The lowest BCUT2D eigenvalue weighted by Gasteiger charge is -2.17. The Balaban J connectivity index is 1.38. The van der Waals surface area contributed by atoms with Gasteiger partial charge in [0.1, 0.15) is 0 Å². The molecule has 8 nitrogen and oxygen atoms in total. The zero-order valence-corrected chi connectivity index (χ0v) is 15.5. The van der Waals surface area contributed by atoms with E-state index in [1.54, 1.807) is 18.2 Å². The zero-order chi connectivity index (χ0) is 20.4. The number of rotatable bonds is 5. The van der Waals surface area contributed by atoms with Gasteiger partial charge < -0.3 is 24.8 Å². The third-order valence-electron chi connectivity index (χ3n) is 5.25. The van der Waals surface area contributed by atoms with E-state index in [9.17, 15) is 19.5 Å². The molecule has 1 saturated heterocycles. The van der Waals surface area contributed by atoms with Gasteiger partial charge in [0.05, 0.1) is 12.5 Å². The molecule has 2 aromatic carbocycles. The molecule has 150 valence electrons. The SMILES string of the molecule is O=C(NCC(=O)N1CC(C(=O)O)C(c2ccccc2)C1)c1ccc2c(c1)OCO2. The van der Waals surface area contributed by atoms with E-state index in [2.05, 4.69) is 5.32 Å². The fraction of sp³-hybridized carbons (Fsp3) is 0.286. The number of carbonyl (C=O) groups excluding carboxylic acids is 2. The second-order valence-electron chi connectivity index (χ2n) is 7.01. The largest absolute Gasteiger partial charge is 0.481 e. The van der Waals surface area contributed by atoms with Gasteiger partial charge in [0.2, 0.25) is 12.7 Å². The summed E-state index contributed by atoms with van der Waals surface area (Å²) in [6, 6.07) is 14.1. The minimum Gasteiger partial charge on any atom is -0.481 e. The van der Waals surface area contributed by atoms with Crippen LogP contribution < -0.4 is 14.8 Å². The van der Waals surface area contributed by atoms with Crippen molar-refractivity contribution >= 4 is 17.8 Å². The second-order valence-corrected chi connectivity index (χ2v) is 7.01. The number of carboxylic acid groups (broad SMARTS) is 1. The van der Waals surface area contributed by atoms with Gasteiger partial charge in [-0.05, 0) is 23.8 Å². The van der Waals surface area contributed by atoms with Gasteiger partial charge >= 0.3 is 5.97 Å². The van der Waals surface area contributed by atoms with Crippen molar-refractivity contribution in [2.75, 3.05) is 26.4 Å². The van der Waals surface area contributed by atoms with Gasteiger partial charge in [-0.15, -0.1) is 0 Å². The van der Waals surface area contributed by atoms with Crippen LogP contribution in [0.25, 0.3) is 0 Å². The summed E-state index contributed by atoms with van der Waals surface area (Å²) >= 11 is 0. The summed E-state index contributed by atoms with van der Waals surface area (Å²) in [7, 11) is 0. The number of carboxylic acids is 1. The molecule has 0 bridgehead atoms. The van der Waals surface area contributed by atoms with Gasteiger partial charge in [-0.2, -0.15) is 0 Å². The molecule has 2 heterocycles. The fourth-order valence-corrected chi connectivity index (χ4v) is 3.70. The molecule has 0 spiro atoms. The van der Waals surface area contributed by atoms with Crippen molar-refractivity contribution in [2.45, 2.75) is 5.92 Å². The van der Waals surface area contributed by atoms with E-state index >= 15 is 0 Å². The Morgan fingerprint density at radius 2 is 1.79 bits per heavy atom. The summed E-state index contributed by atoms with van der Waals surface area (Å²) in [5.74, 6) is -1.56. The molecular weight excluding hydrogens is 376 g/mol. The van der Waals surface area contributed by atoms with Crippen LogP contribution in [0.4, 0.5) is 0 Å². The van der Waals surface area contributed by atoms with Crippen molar-refractivity contribution in [3.05, 3.63) is 59.7 Å². The Kier molecular flexibility index (Phi) is 5.07. The Bertz CT molecular complexity index is 945. The lowest BCUT2D eigenvalue weighted by atomic mass is 9.89. The number of amides is 2. The highest BCUT2D eigenvalue weighted by Crippen LogP contribution is 2.33. The van der Waals surface area contributed by atoms with Crippen LogP contribution in [0, 0.1) is 5.92 Å². The number of likely N-dealkylation sites (tertiary alicyclic amines) is 1. The summed E-state index contributed by atoms with van der Waals surface area (Å²) in [6.45, 7) is 0.329. The predicted molar refractivity (Wildman–Crippen MR) is 102 cm³/mol. The molecule has 0 radical (unpaired) electrons. The van der Waals surface area contributed by atoms with Crippen molar-refractivity contribution in [2.24, 2.45) is 5.92 Å². The highest BCUT2D eigenvalue weighted by Gasteiger charge is 2.40. The summed E-state index contributed by atoms with van der Waals surface area (Å²) in [5, 5.41) is 12.1. The smallest absolute Gasteiger partial charge is 0.308 e. The number of carbonyl (C=O) groups is 3. The average molecular weight is 396 g/mol. The van der Waals surface area contributed by atoms with Crippen LogP contribution in [0.3, 0.4) is 0 Å². The molecule has 8 heteroatoms. The molecule has 1 fully saturated rings. The quantitative estimate of drug-likeness (QED) is 0.793. The number of nitrogens with one attached hydrogen (secondary N) is 1. The first-order valence-electron chi connectivity index (χ1n) is 9.26. The number of hydrogen-bond donors (Lipinski definition) is 2. The topological polar surface area (TPSA) is 105 Å². The van der Waals surface area contributed by atoms with E-state index in [0.717, 1.165) is 5.56 Å². The number of nitrogens with zero attached hydrogens (tertiary/aromatic N) is 1. The second kappa shape index (κ2) is 7.83. The molecule has 0 aliphatic carbocycles. The van der Waals surface area contributed by atoms with Crippen LogP contribution in [-0.4, -0.2) is 54.2 Å². The predicted octanol–water partition coefficient (Wildman–Crippen LogP) is 1.47. The van der Waals surface area contributed by atoms with E-state index in [-0.39, 0.29) is 31.7 Å². The normalized spacial score (nSPS) is 19.8. The van der Waals surface area contributed by atoms with Crippen LogP contribution in [0.5, 0.6) is 11.5 Å². The van der Waals surface area contributed by atoms with Crippen molar-refractivity contribution in [3.8, 4) is 11.5 Å². The van der Waals surface area contributed by atoms with E-state index in [1.165, 1.54) is 4.90 Å². The summed E-state index contributed by atoms with van der Waals surface area (Å²) in [5.41, 5.74) is 1.24. The molecule has 2 aliphatic rings. The number of fused-ring (bicyclic) bond motifs is 1. The molecular formula is C21H20N2O6. The maximum absolute atomic E-state index is 12.6. The van der Waals surface area contributed by atoms with Gasteiger partial charge in [0, 0.05) is 24.6 Å². The van der Waals surface area contributed by atoms with Crippen LogP contribution >= 0.6 is 0 Å². The first-order chi connectivity index (χ1) is 14.0. The molecule has 29 heavy (non-hydrogen) atoms. The fourth-order valence-electron chi connectivity index (χ4n) is 3.70. The van der Waals surface area contributed by atoms with E-state index < -0.39 is 17.8 Å². The molecule has 2 atom stereocenters. The first kappa shape index (κ1) is 18.8. The van der Waals surface area contributed by atoms with Crippen molar-refractivity contribution < 1.29 is 29.0 Å². The molecule has 2 amide bonds. The van der Waals surface area contributed by atoms with Gasteiger partial charge in [-0.3, -0.25) is 14.4 Å². The van der Waals surface area contributed by atoms with Crippen molar-refractivity contribution in [3.63, 3.8) is 0 Å². The van der Waals surface area contributed by atoms with Gasteiger partial charge in [-0.1, -0.05) is 30.3 Å². The minimum atomic E-state index is -0.932. The monoisotopic (exact) mass is 396 g/mol. The maximum atomic E-state index is 12.6. The standard InChI is InChI=1S/C21H20N2O6/c24-19(9-22-20(25)14-6-7-17-18(8-14)29-12-28-17)23-10-15(16(11-23)21(26)27)13-4-2-1-3-5-13/h1-8,15-16H,9-12H2,(H,22,25)(H,26,27). The van der Waals surface area contributed by atoms with E-state index in [4.69, 9.17) is 9.47 Å². The zero-order valence-electron chi connectivity index (χ0n) is 15.5. The van der Waals surface area contributed by atoms with Gasteiger partial charge in [0.15, 0.2) is 11.5 Å².